The number of rotatable bonds is 5. The summed E-state index contributed by atoms with van der Waals surface area (Å²) in [4.78, 5) is 24.4. The van der Waals surface area contributed by atoms with Crippen LogP contribution < -0.4 is 15.4 Å². The molecule has 0 atom stereocenters. The molecule has 0 heterocycles. The summed E-state index contributed by atoms with van der Waals surface area (Å²) in [6, 6.07) is 5.17. The van der Waals surface area contributed by atoms with Crippen LogP contribution in [0.5, 0.6) is 5.75 Å². The van der Waals surface area contributed by atoms with E-state index in [9.17, 15) is 9.59 Å². The van der Waals surface area contributed by atoms with Crippen LogP contribution >= 0.6 is 15.9 Å². The lowest BCUT2D eigenvalue weighted by Crippen LogP contribution is -2.42. The van der Waals surface area contributed by atoms with Gasteiger partial charge in [-0.05, 0) is 25.2 Å². The third-order valence-corrected chi connectivity index (χ3v) is 3.07. The smallest absolute Gasteiger partial charge is 0.321 e. The number of amides is 3. The number of nitrogens with zero attached hydrogens (tertiary/aromatic N) is 1. The molecule has 6 nitrogen and oxygen atoms in total. The minimum absolute atomic E-state index is 0.114. The third-order valence-electron chi connectivity index (χ3n) is 2.58. The zero-order chi connectivity index (χ0) is 15.1. The Morgan fingerprint density at radius 2 is 2.10 bits per heavy atom. The molecule has 1 rings (SSSR count). The van der Waals surface area contributed by atoms with Gasteiger partial charge < -0.3 is 10.1 Å². The van der Waals surface area contributed by atoms with Crippen molar-refractivity contribution in [2.45, 2.75) is 6.54 Å². The van der Waals surface area contributed by atoms with Crippen molar-refractivity contribution in [3.05, 3.63) is 28.2 Å². The first-order valence-corrected chi connectivity index (χ1v) is 6.78. The fourth-order valence-electron chi connectivity index (χ4n) is 1.69. The van der Waals surface area contributed by atoms with Crippen LogP contribution in [0.25, 0.3) is 0 Å². The van der Waals surface area contributed by atoms with Gasteiger partial charge in [0.05, 0.1) is 13.7 Å². The molecule has 20 heavy (non-hydrogen) atoms. The number of hydrogen-bond acceptors (Lipinski definition) is 4. The highest BCUT2D eigenvalue weighted by molar-refractivity contribution is 9.10. The van der Waals surface area contributed by atoms with Crippen LogP contribution in [0.15, 0.2) is 22.7 Å². The van der Waals surface area contributed by atoms with Gasteiger partial charge in [-0.15, -0.1) is 0 Å². The number of methoxy groups -OCH3 is 1. The molecule has 0 radical (unpaired) electrons. The maximum atomic E-state index is 11.6. The molecule has 0 aliphatic heterocycles. The summed E-state index contributed by atoms with van der Waals surface area (Å²) in [5.41, 5.74) is 0.956. The fourth-order valence-corrected chi connectivity index (χ4v) is 2.10. The predicted octanol–water partition coefficient (Wildman–Crippen LogP) is 1.35. The van der Waals surface area contributed by atoms with Crippen molar-refractivity contribution in [3.63, 3.8) is 0 Å². The zero-order valence-corrected chi connectivity index (χ0v) is 13.3. The molecule has 0 bridgehead atoms. The molecule has 2 N–H and O–H groups in total. The van der Waals surface area contributed by atoms with Gasteiger partial charge in [-0.1, -0.05) is 15.9 Å². The van der Waals surface area contributed by atoms with Crippen molar-refractivity contribution in [2.24, 2.45) is 0 Å². The summed E-state index contributed by atoms with van der Waals surface area (Å²) in [5.74, 6) is 0.396. The summed E-state index contributed by atoms with van der Waals surface area (Å²) >= 11 is 3.40. The number of carbonyl (C=O) groups is 2. The van der Waals surface area contributed by atoms with Crippen molar-refractivity contribution < 1.29 is 14.3 Å². The Bertz CT molecular complexity index is 494. The summed E-state index contributed by atoms with van der Waals surface area (Å²) in [6.07, 6.45) is 0. The maximum Gasteiger partial charge on any atom is 0.321 e. The Labute approximate surface area is 126 Å². The lowest BCUT2D eigenvalue weighted by Gasteiger charge is -2.18. The van der Waals surface area contributed by atoms with Gasteiger partial charge >= 0.3 is 6.03 Å². The molecule has 0 unspecified atom stereocenters. The number of hydrogen-bond donors (Lipinski definition) is 2. The van der Waals surface area contributed by atoms with Crippen LogP contribution in [-0.4, -0.2) is 44.6 Å². The van der Waals surface area contributed by atoms with E-state index < -0.39 is 6.03 Å². The standard InChI is InChI=1S/C13H18BrN3O3/c1-15-13(19)16-12(18)8-17(2)7-9-6-10(14)4-5-11(9)20-3/h4-6H,7-8H2,1-3H3,(H2,15,16,18,19). The molecule has 0 aliphatic carbocycles. The van der Waals surface area contributed by atoms with Gasteiger partial charge in [0, 0.05) is 23.6 Å². The Kier molecular flexibility index (Phi) is 6.47. The molecule has 0 fully saturated rings. The fraction of sp³-hybridized carbons (Fsp3) is 0.385. The van der Waals surface area contributed by atoms with Gasteiger partial charge in [-0.2, -0.15) is 0 Å². The van der Waals surface area contributed by atoms with E-state index in [4.69, 9.17) is 4.74 Å². The van der Waals surface area contributed by atoms with E-state index in [-0.39, 0.29) is 12.5 Å². The number of nitrogens with one attached hydrogen (secondary N) is 2. The first-order chi connectivity index (χ1) is 9.46. The SMILES string of the molecule is CNC(=O)NC(=O)CN(C)Cc1cc(Br)ccc1OC. The van der Waals surface area contributed by atoms with Crippen LogP contribution in [-0.2, 0) is 11.3 Å². The molecular weight excluding hydrogens is 326 g/mol. The van der Waals surface area contributed by atoms with Crippen LogP contribution in [0.3, 0.4) is 0 Å². The summed E-state index contributed by atoms with van der Waals surface area (Å²) < 4.78 is 6.22. The number of imide groups is 1. The lowest BCUT2D eigenvalue weighted by molar-refractivity contribution is -0.120. The molecule has 0 aromatic heterocycles. The van der Waals surface area contributed by atoms with Crippen molar-refractivity contribution in [2.75, 3.05) is 27.7 Å². The van der Waals surface area contributed by atoms with Gasteiger partial charge in [-0.25, -0.2) is 4.79 Å². The third kappa shape index (κ3) is 5.18. The van der Waals surface area contributed by atoms with E-state index in [0.717, 1.165) is 15.8 Å². The largest absolute Gasteiger partial charge is 0.496 e. The Morgan fingerprint density at radius 1 is 1.40 bits per heavy atom. The van der Waals surface area contributed by atoms with Gasteiger partial charge in [-0.3, -0.25) is 15.0 Å². The number of halogens is 1. The topological polar surface area (TPSA) is 70.7 Å². The number of carbonyl (C=O) groups excluding carboxylic acids is 2. The first-order valence-electron chi connectivity index (χ1n) is 5.98. The molecule has 0 aliphatic rings. The van der Waals surface area contributed by atoms with Gasteiger partial charge in [0.25, 0.3) is 0 Å². The van der Waals surface area contributed by atoms with Crippen molar-refractivity contribution >= 4 is 27.9 Å². The van der Waals surface area contributed by atoms with E-state index in [1.54, 1.807) is 19.1 Å². The summed E-state index contributed by atoms with van der Waals surface area (Å²) in [6.45, 7) is 0.646. The van der Waals surface area contributed by atoms with Crippen molar-refractivity contribution in [1.29, 1.82) is 0 Å². The summed E-state index contributed by atoms with van der Waals surface area (Å²) in [5, 5.41) is 4.54. The second kappa shape index (κ2) is 7.86. The van der Waals surface area contributed by atoms with Crippen LogP contribution in [0.2, 0.25) is 0 Å². The van der Waals surface area contributed by atoms with Gasteiger partial charge in [0.1, 0.15) is 5.75 Å². The highest BCUT2D eigenvalue weighted by Crippen LogP contribution is 2.23. The molecule has 3 amide bonds. The molecule has 110 valence electrons. The predicted molar refractivity (Wildman–Crippen MR) is 79.6 cm³/mol. The molecule has 1 aromatic rings. The lowest BCUT2D eigenvalue weighted by atomic mass is 10.2. The average molecular weight is 344 g/mol. The second-order valence-electron chi connectivity index (χ2n) is 4.26. The molecule has 1 aromatic carbocycles. The minimum Gasteiger partial charge on any atom is -0.496 e. The normalized spacial score (nSPS) is 10.2. The molecular formula is C13H18BrN3O3. The van der Waals surface area contributed by atoms with Crippen LogP contribution in [0.4, 0.5) is 4.79 Å². The molecule has 0 saturated carbocycles. The molecule has 0 saturated heterocycles. The Hall–Kier alpha value is -1.60. The zero-order valence-electron chi connectivity index (χ0n) is 11.7. The number of ether oxygens (including phenoxy) is 1. The highest BCUT2D eigenvalue weighted by Gasteiger charge is 2.12. The minimum atomic E-state index is -0.511. The number of likely N-dealkylation sites (N-methyl/N-ethyl adjacent to an activating group) is 1. The van der Waals surface area contributed by atoms with Crippen LogP contribution in [0.1, 0.15) is 5.56 Å². The van der Waals surface area contributed by atoms with E-state index >= 15 is 0 Å². The Balaban J connectivity index is 2.62. The van der Waals surface area contributed by atoms with E-state index in [0.29, 0.717) is 6.54 Å². The van der Waals surface area contributed by atoms with Crippen molar-refractivity contribution in [3.8, 4) is 5.75 Å². The van der Waals surface area contributed by atoms with Gasteiger partial charge in [0.2, 0.25) is 5.91 Å². The Morgan fingerprint density at radius 3 is 2.70 bits per heavy atom. The second-order valence-corrected chi connectivity index (χ2v) is 5.17. The summed E-state index contributed by atoms with van der Waals surface area (Å²) in [7, 11) is 4.85. The van der Waals surface area contributed by atoms with Crippen molar-refractivity contribution in [1.82, 2.24) is 15.5 Å². The van der Waals surface area contributed by atoms with E-state index in [1.165, 1.54) is 7.05 Å². The monoisotopic (exact) mass is 343 g/mol. The number of benzene rings is 1. The van der Waals surface area contributed by atoms with E-state index in [1.807, 2.05) is 18.2 Å². The highest BCUT2D eigenvalue weighted by atomic mass is 79.9. The van der Waals surface area contributed by atoms with Gasteiger partial charge in [0.15, 0.2) is 0 Å². The molecule has 0 spiro atoms. The molecule has 7 heteroatoms. The van der Waals surface area contributed by atoms with E-state index in [2.05, 4.69) is 26.6 Å². The maximum absolute atomic E-state index is 11.6. The van der Waals surface area contributed by atoms with Crippen LogP contribution in [0, 0.1) is 0 Å². The first kappa shape index (κ1) is 16.5. The quantitative estimate of drug-likeness (QED) is 0.846. The average Bonchev–Trinajstić information content (AvgIpc) is 2.38. The number of urea groups is 1.